The van der Waals surface area contributed by atoms with Crippen LogP contribution in [0.4, 0.5) is 56.9 Å². The van der Waals surface area contributed by atoms with E-state index in [1.165, 1.54) is 50.5 Å². The van der Waals surface area contributed by atoms with Gasteiger partial charge in [0.1, 0.15) is 0 Å². The maximum Gasteiger partial charge on any atom is 0.251 e. The van der Waals surface area contributed by atoms with Gasteiger partial charge in [0.05, 0.1) is 0 Å². The van der Waals surface area contributed by atoms with Crippen molar-refractivity contribution < 1.29 is 0 Å². The summed E-state index contributed by atoms with van der Waals surface area (Å²) in [5, 5.41) is 0. The third-order valence-electron chi connectivity index (χ3n) is 12.2. The first-order chi connectivity index (χ1) is 29.7. The summed E-state index contributed by atoms with van der Waals surface area (Å²) < 4.78 is 0. The molecule has 60 heavy (non-hydrogen) atoms. The molecular formula is C55H43BN4. The van der Waals surface area contributed by atoms with E-state index in [-0.39, 0.29) is 6.71 Å². The zero-order chi connectivity index (χ0) is 40.0. The summed E-state index contributed by atoms with van der Waals surface area (Å²) >= 11 is 0. The van der Waals surface area contributed by atoms with Crippen LogP contribution in [0.5, 0.6) is 0 Å². The minimum atomic E-state index is 0.0768. The summed E-state index contributed by atoms with van der Waals surface area (Å²) in [4.78, 5) is 9.81. The normalized spacial score (nSPS) is 15.1. The Bertz CT molecular complexity index is 2840. The van der Waals surface area contributed by atoms with Crippen LogP contribution >= 0.6 is 0 Å². The van der Waals surface area contributed by atoms with Crippen molar-refractivity contribution in [1.82, 2.24) is 0 Å². The van der Waals surface area contributed by atoms with E-state index < -0.39 is 0 Å². The lowest BCUT2D eigenvalue weighted by atomic mass is 9.32. The highest BCUT2D eigenvalue weighted by atomic mass is 15.2. The molecule has 1 unspecified atom stereocenters. The average Bonchev–Trinajstić information content (AvgIpc) is 3.31. The van der Waals surface area contributed by atoms with Crippen LogP contribution in [0.1, 0.15) is 13.3 Å². The van der Waals surface area contributed by atoms with Gasteiger partial charge in [-0.2, -0.15) is 0 Å². The number of allylic oxidation sites excluding steroid dienone is 3. The van der Waals surface area contributed by atoms with Gasteiger partial charge >= 0.3 is 0 Å². The molecule has 286 valence electrons. The van der Waals surface area contributed by atoms with Gasteiger partial charge in [0.15, 0.2) is 0 Å². The fourth-order valence-electron chi connectivity index (χ4n) is 9.64. The molecule has 11 rings (SSSR count). The number of para-hydroxylation sites is 6. The molecule has 1 aliphatic carbocycles. The zero-order valence-electron chi connectivity index (χ0n) is 33.5. The van der Waals surface area contributed by atoms with Crippen LogP contribution in [0.2, 0.25) is 0 Å². The van der Waals surface area contributed by atoms with Gasteiger partial charge in [-0.25, -0.2) is 0 Å². The molecule has 0 fully saturated rings. The molecule has 2 aliphatic heterocycles. The topological polar surface area (TPSA) is 13.0 Å². The highest BCUT2D eigenvalue weighted by Crippen LogP contribution is 2.50. The lowest BCUT2D eigenvalue weighted by Crippen LogP contribution is -2.57. The van der Waals surface area contributed by atoms with Crippen molar-refractivity contribution >= 4 is 74.5 Å². The Morgan fingerprint density at radius 1 is 0.417 bits per heavy atom. The molecule has 0 saturated heterocycles. The van der Waals surface area contributed by atoms with Crippen LogP contribution in [0.25, 0.3) is 0 Å². The minimum absolute atomic E-state index is 0.0768. The van der Waals surface area contributed by atoms with Gasteiger partial charge in [0, 0.05) is 68.3 Å². The largest absolute Gasteiger partial charge is 0.315 e. The van der Waals surface area contributed by atoms with E-state index in [1.807, 2.05) is 0 Å². The first kappa shape index (κ1) is 35.7. The summed E-state index contributed by atoms with van der Waals surface area (Å²) in [6.45, 7) is 2.48. The fraction of sp³-hybridized carbons (Fsp3) is 0.0545. The summed E-state index contributed by atoms with van der Waals surface area (Å²) in [5.41, 5.74) is 18.1. The second kappa shape index (κ2) is 15.0. The van der Waals surface area contributed by atoms with Crippen molar-refractivity contribution in [3.8, 4) is 0 Å². The number of hydrogen-bond donors (Lipinski definition) is 0. The van der Waals surface area contributed by atoms with Gasteiger partial charge in [-0.05, 0) is 126 Å². The van der Waals surface area contributed by atoms with Gasteiger partial charge in [-0.1, -0.05) is 134 Å². The molecule has 8 aromatic carbocycles. The van der Waals surface area contributed by atoms with Gasteiger partial charge in [0.25, 0.3) is 6.71 Å². The SMILES string of the molecule is CC1CC=C2C3=C1N(c1ccccc1)c1cc(N(c4ccccc4)c4cccc(N(c5ccccc5)c5ccccc5)c4)ccc1B3c1ccccc1N2c1ccccc1. The molecule has 5 heteroatoms. The number of nitrogens with zero attached hydrogens (tertiary/aromatic N) is 4. The van der Waals surface area contributed by atoms with Crippen LogP contribution in [0.15, 0.2) is 241 Å². The molecule has 0 aromatic heterocycles. The zero-order valence-corrected chi connectivity index (χ0v) is 33.5. The van der Waals surface area contributed by atoms with Gasteiger partial charge in [-0.3, -0.25) is 0 Å². The standard InChI is InChI=1S/C55H43BN4/c1-40-34-37-52-54-55(40)60(45-28-15-6-16-29-45)53-39-48(35-36-50(53)56(54)49-32-17-18-33-51(49)59(52)44-26-13-5-14-27-44)58(43-24-11-4-12-25-43)47-31-19-30-46(38-47)57(41-20-7-2-8-21-41)42-22-9-3-10-23-42/h2-33,35-40H,34H2,1H3. The summed E-state index contributed by atoms with van der Waals surface area (Å²) in [6, 6.07) is 79.1. The molecule has 8 aromatic rings. The van der Waals surface area contributed by atoms with Crippen molar-refractivity contribution in [2.45, 2.75) is 13.3 Å². The second-order valence-corrected chi connectivity index (χ2v) is 15.8. The Morgan fingerprint density at radius 3 is 1.45 bits per heavy atom. The third kappa shape index (κ3) is 6.01. The van der Waals surface area contributed by atoms with Crippen LogP contribution < -0.4 is 30.5 Å². The molecule has 2 heterocycles. The molecule has 0 spiro atoms. The predicted octanol–water partition coefficient (Wildman–Crippen LogP) is 13.3. The molecule has 0 saturated carbocycles. The number of anilines is 10. The van der Waals surface area contributed by atoms with Crippen LogP contribution in [0.3, 0.4) is 0 Å². The summed E-state index contributed by atoms with van der Waals surface area (Å²) in [6.07, 6.45) is 3.44. The van der Waals surface area contributed by atoms with Crippen molar-refractivity contribution in [3.05, 3.63) is 241 Å². The molecule has 0 radical (unpaired) electrons. The van der Waals surface area contributed by atoms with E-state index in [0.29, 0.717) is 5.92 Å². The van der Waals surface area contributed by atoms with Crippen molar-refractivity contribution in [2.75, 3.05) is 19.6 Å². The van der Waals surface area contributed by atoms with E-state index in [1.54, 1.807) is 0 Å². The number of rotatable bonds is 8. The molecule has 0 amide bonds. The quantitative estimate of drug-likeness (QED) is 0.143. The second-order valence-electron chi connectivity index (χ2n) is 15.8. The number of benzene rings is 8. The third-order valence-corrected chi connectivity index (χ3v) is 12.2. The monoisotopic (exact) mass is 770 g/mol. The van der Waals surface area contributed by atoms with Gasteiger partial charge < -0.3 is 19.6 Å². The van der Waals surface area contributed by atoms with E-state index in [2.05, 4.69) is 251 Å². The highest BCUT2D eigenvalue weighted by Gasteiger charge is 2.47. The lowest BCUT2D eigenvalue weighted by molar-refractivity contribution is 0.657. The van der Waals surface area contributed by atoms with E-state index in [9.17, 15) is 0 Å². The first-order valence-electron chi connectivity index (χ1n) is 21.0. The lowest BCUT2D eigenvalue weighted by Gasteiger charge is -2.49. The van der Waals surface area contributed by atoms with Crippen LogP contribution in [-0.2, 0) is 0 Å². The Labute approximate surface area is 353 Å². The fourth-order valence-corrected chi connectivity index (χ4v) is 9.64. The predicted molar refractivity (Wildman–Crippen MR) is 253 cm³/mol. The van der Waals surface area contributed by atoms with Crippen molar-refractivity contribution in [2.24, 2.45) is 5.92 Å². The Hall–Kier alpha value is -7.50. The maximum atomic E-state index is 2.57. The number of hydrogen-bond acceptors (Lipinski definition) is 4. The van der Waals surface area contributed by atoms with Crippen LogP contribution in [-0.4, -0.2) is 6.71 Å². The summed E-state index contributed by atoms with van der Waals surface area (Å²) in [5.74, 6) is 0.301. The van der Waals surface area contributed by atoms with E-state index >= 15 is 0 Å². The van der Waals surface area contributed by atoms with Crippen molar-refractivity contribution in [3.63, 3.8) is 0 Å². The van der Waals surface area contributed by atoms with Gasteiger partial charge in [-0.15, -0.1) is 0 Å². The first-order valence-corrected chi connectivity index (χ1v) is 21.0. The summed E-state index contributed by atoms with van der Waals surface area (Å²) in [7, 11) is 0. The molecule has 1 atom stereocenters. The average molecular weight is 771 g/mol. The highest BCUT2D eigenvalue weighted by molar-refractivity contribution is 6.94. The van der Waals surface area contributed by atoms with E-state index in [4.69, 9.17) is 0 Å². The Balaban J connectivity index is 1.12. The van der Waals surface area contributed by atoms with Crippen molar-refractivity contribution in [1.29, 1.82) is 0 Å². The minimum Gasteiger partial charge on any atom is -0.315 e. The Morgan fingerprint density at radius 2 is 0.867 bits per heavy atom. The van der Waals surface area contributed by atoms with Gasteiger partial charge in [0.2, 0.25) is 0 Å². The molecular weight excluding hydrogens is 727 g/mol. The smallest absolute Gasteiger partial charge is 0.251 e. The molecule has 3 aliphatic rings. The molecule has 4 nitrogen and oxygen atoms in total. The van der Waals surface area contributed by atoms with E-state index in [0.717, 1.165) is 40.5 Å². The number of fused-ring (bicyclic) bond motifs is 4. The molecule has 0 N–H and O–H groups in total. The molecule has 0 bridgehead atoms. The Kier molecular flexibility index (Phi) is 8.93. The van der Waals surface area contributed by atoms with Crippen LogP contribution in [0, 0.1) is 5.92 Å². The maximum absolute atomic E-state index is 2.57.